The standard InChI is InChI=1S/C15H29NO2/c1-5-6-7-8-9-10-11-12-13(16)14(17)18-15(2,3)4/h12H,5-11,16H2,1-4H3. The van der Waals surface area contributed by atoms with E-state index in [2.05, 4.69) is 6.92 Å². The molecule has 0 bridgehead atoms. The Morgan fingerprint density at radius 3 is 2.22 bits per heavy atom. The van der Waals surface area contributed by atoms with Gasteiger partial charge in [-0.1, -0.05) is 45.1 Å². The average molecular weight is 255 g/mol. The highest BCUT2D eigenvalue weighted by Gasteiger charge is 2.17. The van der Waals surface area contributed by atoms with E-state index < -0.39 is 11.6 Å². The van der Waals surface area contributed by atoms with Gasteiger partial charge >= 0.3 is 5.97 Å². The van der Waals surface area contributed by atoms with Crippen LogP contribution in [-0.4, -0.2) is 11.6 Å². The van der Waals surface area contributed by atoms with Crippen LogP contribution in [0.2, 0.25) is 0 Å². The molecule has 0 amide bonds. The first kappa shape index (κ1) is 17.0. The van der Waals surface area contributed by atoms with E-state index in [4.69, 9.17) is 10.5 Å². The Morgan fingerprint density at radius 1 is 1.11 bits per heavy atom. The number of esters is 1. The van der Waals surface area contributed by atoms with E-state index in [9.17, 15) is 4.79 Å². The highest BCUT2D eigenvalue weighted by molar-refractivity contribution is 5.87. The molecule has 0 radical (unpaired) electrons. The van der Waals surface area contributed by atoms with Crippen LogP contribution in [-0.2, 0) is 9.53 Å². The Balaban J connectivity index is 3.74. The highest BCUT2D eigenvalue weighted by atomic mass is 16.6. The lowest BCUT2D eigenvalue weighted by Crippen LogP contribution is -2.27. The summed E-state index contributed by atoms with van der Waals surface area (Å²) < 4.78 is 5.18. The minimum Gasteiger partial charge on any atom is -0.455 e. The highest BCUT2D eigenvalue weighted by Crippen LogP contribution is 2.11. The molecule has 0 aromatic rings. The van der Waals surface area contributed by atoms with Gasteiger partial charge in [0.2, 0.25) is 0 Å². The lowest BCUT2D eigenvalue weighted by atomic mass is 10.1. The van der Waals surface area contributed by atoms with Gasteiger partial charge in [-0.3, -0.25) is 0 Å². The van der Waals surface area contributed by atoms with Crippen molar-refractivity contribution in [1.29, 1.82) is 0 Å². The molecule has 0 fully saturated rings. The summed E-state index contributed by atoms with van der Waals surface area (Å²) in [5.41, 5.74) is 5.43. The smallest absolute Gasteiger partial charge is 0.354 e. The molecule has 106 valence electrons. The SMILES string of the molecule is CCCCCCCCC=C(N)C(=O)OC(C)(C)C. The number of unbranched alkanes of at least 4 members (excludes halogenated alkanes) is 6. The van der Waals surface area contributed by atoms with Crippen LogP contribution >= 0.6 is 0 Å². The molecule has 0 aliphatic heterocycles. The summed E-state index contributed by atoms with van der Waals surface area (Å²) in [7, 11) is 0. The first-order valence-electron chi connectivity index (χ1n) is 7.06. The largest absolute Gasteiger partial charge is 0.455 e. The van der Waals surface area contributed by atoms with Crippen LogP contribution in [0.5, 0.6) is 0 Å². The normalized spacial score (nSPS) is 12.6. The van der Waals surface area contributed by atoms with Crippen LogP contribution in [0.25, 0.3) is 0 Å². The second kappa shape index (κ2) is 9.01. The van der Waals surface area contributed by atoms with E-state index in [1.165, 1.54) is 32.1 Å². The summed E-state index contributed by atoms with van der Waals surface area (Å²) >= 11 is 0. The van der Waals surface area contributed by atoms with E-state index in [-0.39, 0.29) is 5.70 Å². The lowest BCUT2D eigenvalue weighted by Gasteiger charge is -2.19. The van der Waals surface area contributed by atoms with Crippen molar-refractivity contribution in [1.82, 2.24) is 0 Å². The summed E-state index contributed by atoms with van der Waals surface area (Å²) in [6.07, 6.45) is 10.1. The minimum absolute atomic E-state index is 0.235. The monoisotopic (exact) mass is 255 g/mol. The number of nitrogens with two attached hydrogens (primary N) is 1. The van der Waals surface area contributed by atoms with Crippen LogP contribution in [0, 0.1) is 0 Å². The van der Waals surface area contributed by atoms with Gasteiger partial charge in [0.1, 0.15) is 11.3 Å². The Kier molecular flexibility index (Phi) is 8.51. The number of allylic oxidation sites excluding steroid dienone is 1. The fourth-order valence-electron chi connectivity index (χ4n) is 1.60. The molecule has 0 saturated carbocycles. The minimum atomic E-state index is -0.476. The molecule has 0 saturated heterocycles. The number of carbonyl (C=O) groups is 1. The van der Waals surface area contributed by atoms with Gasteiger partial charge in [0.15, 0.2) is 0 Å². The number of rotatable bonds is 8. The van der Waals surface area contributed by atoms with E-state index >= 15 is 0 Å². The van der Waals surface area contributed by atoms with Gasteiger partial charge in [-0.15, -0.1) is 0 Å². The van der Waals surface area contributed by atoms with E-state index in [1.54, 1.807) is 6.08 Å². The van der Waals surface area contributed by atoms with Crippen LogP contribution in [0.4, 0.5) is 0 Å². The van der Waals surface area contributed by atoms with Gasteiger partial charge in [0.25, 0.3) is 0 Å². The first-order chi connectivity index (χ1) is 8.37. The van der Waals surface area contributed by atoms with Crippen LogP contribution in [0.3, 0.4) is 0 Å². The van der Waals surface area contributed by atoms with Crippen LogP contribution < -0.4 is 5.73 Å². The summed E-state index contributed by atoms with van der Waals surface area (Å²) in [5.74, 6) is -0.409. The van der Waals surface area contributed by atoms with Gasteiger partial charge in [-0.2, -0.15) is 0 Å². The number of hydrogen-bond acceptors (Lipinski definition) is 3. The quantitative estimate of drug-likeness (QED) is 0.406. The molecule has 0 aliphatic rings. The molecule has 0 unspecified atom stereocenters. The van der Waals surface area contributed by atoms with Crippen molar-refractivity contribution in [2.24, 2.45) is 5.73 Å². The molecule has 0 heterocycles. The maximum atomic E-state index is 11.5. The molecular weight excluding hydrogens is 226 g/mol. The molecule has 0 spiro atoms. The zero-order valence-corrected chi connectivity index (χ0v) is 12.4. The molecular formula is C15H29NO2. The van der Waals surface area contributed by atoms with Crippen LogP contribution in [0.15, 0.2) is 11.8 Å². The van der Waals surface area contributed by atoms with Crippen molar-refractivity contribution < 1.29 is 9.53 Å². The van der Waals surface area contributed by atoms with Gasteiger partial charge in [0.05, 0.1) is 0 Å². The number of hydrogen-bond donors (Lipinski definition) is 1. The van der Waals surface area contributed by atoms with Gasteiger partial charge in [0, 0.05) is 0 Å². The third-order valence-electron chi connectivity index (χ3n) is 2.56. The maximum Gasteiger partial charge on any atom is 0.354 e. The van der Waals surface area contributed by atoms with Gasteiger partial charge < -0.3 is 10.5 Å². The summed E-state index contributed by atoms with van der Waals surface area (Å²) in [5, 5.41) is 0. The summed E-state index contributed by atoms with van der Waals surface area (Å²) in [6, 6.07) is 0. The molecule has 18 heavy (non-hydrogen) atoms. The van der Waals surface area contributed by atoms with Gasteiger partial charge in [-0.05, 0) is 33.6 Å². The molecule has 3 heteroatoms. The molecule has 0 rings (SSSR count). The van der Waals surface area contributed by atoms with Crippen molar-refractivity contribution in [3.05, 3.63) is 11.8 Å². The molecule has 3 nitrogen and oxygen atoms in total. The zero-order valence-electron chi connectivity index (χ0n) is 12.4. The summed E-state index contributed by atoms with van der Waals surface area (Å²) in [6.45, 7) is 7.73. The van der Waals surface area contributed by atoms with E-state index in [1.807, 2.05) is 20.8 Å². The molecule has 0 atom stereocenters. The van der Waals surface area contributed by atoms with Gasteiger partial charge in [-0.25, -0.2) is 4.79 Å². The molecule has 0 aromatic heterocycles. The lowest BCUT2D eigenvalue weighted by molar-refractivity contribution is -0.149. The second-order valence-corrected chi connectivity index (χ2v) is 5.72. The number of ether oxygens (including phenoxy) is 1. The average Bonchev–Trinajstić information content (AvgIpc) is 2.25. The van der Waals surface area contributed by atoms with Crippen molar-refractivity contribution in [2.75, 3.05) is 0 Å². The Bertz CT molecular complexity index is 264. The van der Waals surface area contributed by atoms with E-state index in [0.29, 0.717) is 0 Å². The fraction of sp³-hybridized carbons (Fsp3) is 0.800. The van der Waals surface area contributed by atoms with Crippen molar-refractivity contribution >= 4 is 5.97 Å². The predicted octanol–water partition coefficient (Wildman–Crippen LogP) is 3.92. The van der Waals surface area contributed by atoms with Crippen molar-refractivity contribution in [2.45, 2.75) is 78.2 Å². The second-order valence-electron chi connectivity index (χ2n) is 5.72. The maximum absolute atomic E-state index is 11.5. The molecule has 0 aliphatic carbocycles. The van der Waals surface area contributed by atoms with Crippen molar-refractivity contribution in [3.63, 3.8) is 0 Å². The Morgan fingerprint density at radius 2 is 1.67 bits per heavy atom. The predicted molar refractivity (Wildman–Crippen MR) is 76.1 cm³/mol. The topological polar surface area (TPSA) is 52.3 Å². The van der Waals surface area contributed by atoms with Crippen LogP contribution in [0.1, 0.15) is 72.6 Å². The fourth-order valence-corrected chi connectivity index (χ4v) is 1.60. The summed E-state index contributed by atoms with van der Waals surface area (Å²) in [4.78, 5) is 11.5. The van der Waals surface area contributed by atoms with Crippen molar-refractivity contribution in [3.8, 4) is 0 Å². The number of carbonyl (C=O) groups excluding carboxylic acids is 1. The third kappa shape index (κ3) is 10.2. The Hall–Kier alpha value is -0.990. The Labute approximate surface area is 112 Å². The molecule has 2 N–H and O–H groups in total. The van der Waals surface area contributed by atoms with E-state index in [0.717, 1.165) is 12.8 Å². The molecule has 0 aromatic carbocycles. The first-order valence-corrected chi connectivity index (χ1v) is 7.06. The third-order valence-corrected chi connectivity index (χ3v) is 2.56. The zero-order chi connectivity index (χ0) is 14.0.